The lowest BCUT2D eigenvalue weighted by atomic mass is 10.1. The number of rotatable bonds is 3. The molecular weight excluding hydrogens is 340 g/mol. The van der Waals surface area contributed by atoms with E-state index in [2.05, 4.69) is 31.4 Å². The summed E-state index contributed by atoms with van der Waals surface area (Å²) in [6.45, 7) is 0. The van der Waals surface area contributed by atoms with Crippen molar-refractivity contribution < 1.29 is 10.0 Å². The van der Waals surface area contributed by atoms with Crippen LogP contribution in [0.15, 0.2) is 51.0 Å². The second-order valence-electron chi connectivity index (χ2n) is 4.07. The fraction of sp³-hybridized carbons (Fsp3) is 0. The number of halogens is 1. The van der Waals surface area contributed by atoms with Gasteiger partial charge in [-0.2, -0.15) is 0 Å². The number of aromatic amines is 1. The van der Waals surface area contributed by atoms with E-state index < -0.39 is 5.91 Å². The summed E-state index contributed by atoms with van der Waals surface area (Å²) in [5.74, 6) is -0.560. The maximum absolute atomic E-state index is 12.1. The molecule has 0 atom stereocenters. The van der Waals surface area contributed by atoms with Crippen molar-refractivity contribution in [2.45, 2.75) is 0 Å². The number of hydrogen-bond acceptors (Lipinski definition) is 4. The highest BCUT2D eigenvalue weighted by atomic mass is 79.9. The van der Waals surface area contributed by atoms with Gasteiger partial charge in [-0.1, -0.05) is 21.1 Å². The summed E-state index contributed by atoms with van der Waals surface area (Å²) in [4.78, 5) is 25.5. The number of aromatic nitrogens is 1. The van der Waals surface area contributed by atoms with Crippen LogP contribution in [0.2, 0.25) is 0 Å². The lowest BCUT2D eigenvalue weighted by Gasteiger charge is -2.10. The van der Waals surface area contributed by atoms with Crippen molar-refractivity contribution in [1.29, 1.82) is 0 Å². The van der Waals surface area contributed by atoms with Crippen LogP contribution in [0.3, 0.4) is 0 Å². The lowest BCUT2D eigenvalue weighted by Crippen LogP contribution is -2.20. The number of hydrogen-bond donors (Lipinski definition) is 4. The Balaban J connectivity index is 2.34. The number of carbonyl (C=O) groups is 1. The molecule has 2 rings (SSSR count). The minimum Gasteiger partial charge on any atom is -0.409 e. The molecule has 0 aliphatic carbocycles. The van der Waals surface area contributed by atoms with Crippen LogP contribution in [0, 0.1) is 0 Å². The van der Waals surface area contributed by atoms with Gasteiger partial charge in [0.1, 0.15) is 0 Å². The van der Waals surface area contributed by atoms with Crippen molar-refractivity contribution >= 4 is 33.4 Å². The van der Waals surface area contributed by atoms with E-state index >= 15 is 0 Å². The number of amidine groups is 1. The zero-order valence-corrected chi connectivity index (χ0v) is 12.2. The van der Waals surface area contributed by atoms with Gasteiger partial charge in [0.15, 0.2) is 5.84 Å². The monoisotopic (exact) mass is 350 g/mol. The number of nitrogens with two attached hydrogens (primary N) is 1. The minimum atomic E-state index is -0.434. The number of amides is 1. The van der Waals surface area contributed by atoms with E-state index in [0.29, 0.717) is 15.7 Å². The third-order valence-electron chi connectivity index (χ3n) is 2.66. The van der Waals surface area contributed by atoms with Crippen LogP contribution in [0.1, 0.15) is 15.9 Å². The van der Waals surface area contributed by atoms with Crippen LogP contribution in [-0.2, 0) is 0 Å². The molecule has 7 nitrogen and oxygen atoms in total. The summed E-state index contributed by atoms with van der Waals surface area (Å²) in [5, 5.41) is 14.3. The van der Waals surface area contributed by atoms with E-state index in [9.17, 15) is 9.59 Å². The molecule has 5 N–H and O–H groups in total. The van der Waals surface area contributed by atoms with E-state index in [1.807, 2.05) is 0 Å². The average molecular weight is 351 g/mol. The van der Waals surface area contributed by atoms with Crippen molar-refractivity contribution in [3.8, 4) is 0 Å². The third kappa shape index (κ3) is 3.48. The van der Waals surface area contributed by atoms with Gasteiger partial charge in [0, 0.05) is 22.3 Å². The second-order valence-corrected chi connectivity index (χ2v) is 4.99. The van der Waals surface area contributed by atoms with Crippen LogP contribution in [0.5, 0.6) is 0 Å². The zero-order chi connectivity index (χ0) is 15.4. The van der Waals surface area contributed by atoms with Gasteiger partial charge in [-0.05, 0) is 24.3 Å². The van der Waals surface area contributed by atoms with E-state index in [1.54, 1.807) is 18.2 Å². The Bertz CT molecular complexity index is 750. The van der Waals surface area contributed by atoms with Crippen LogP contribution in [0.4, 0.5) is 5.69 Å². The van der Waals surface area contributed by atoms with Crippen molar-refractivity contribution in [1.82, 2.24) is 4.98 Å². The number of benzene rings is 1. The Labute approximate surface area is 127 Å². The van der Waals surface area contributed by atoms with Crippen LogP contribution >= 0.6 is 15.9 Å². The number of nitrogens with one attached hydrogen (secondary N) is 2. The number of carbonyl (C=O) groups excluding carboxylic acids is 1. The fourth-order valence-electron chi connectivity index (χ4n) is 1.64. The third-order valence-corrected chi connectivity index (χ3v) is 3.15. The molecule has 0 unspecified atom stereocenters. The molecule has 0 radical (unpaired) electrons. The summed E-state index contributed by atoms with van der Waals surface area (Å²) >= 11 is 3.28. The van der Waals surface area contributed by atoms with Crippen molar-refractivity contribution in [3.05, 3.63) is 62.5 Å². The Hall–Kier alpha value is -2.61. The van der Waals surface area contributed by atoms with Crippen LogP contribution < -0.4 is 16.6 Å². The van der Waals surface area contributed by atoms with Gasteiger partial charge in [-0.15, -0.1) is 0 Å². The van der Waals surface area contributed by atoms with E-state index in [0.717, 1.165) is 0 Å². The Morgan fingerprint density at radius 1 is 1.33 bits per heavy atom. The highest BCUT2D eigenvalue weighted by molar-refractivity contribution is 9.10. The van der Waals surface area contributed by atoms with E-state index in [-0.39, 0.29) is 17.0 Å². The van der Waals surface area contributed by atoms with Crippen molar-refractivity contribution in [2.75, 3.05) is 5.32 Å². The Morgan fingerprint density at radius 3 is 2.71 bits per heavy atom. The number of nitrogens with zero attached hydrogens (tertiary/aromatic N) is 1. The molecule has 1 aromatic heterocycles. The predicted molar refractivity (Wildman–Crippen MR) is 81.7 cm³/mol. The maximum atomic E-state index is 12.1. The molecule has 0 saturated heterocycles. The van der Waals surface area contributed by atoms with Crippen LogP contribution in [0.25, 0.3) is 0 Å². The largest absolute Gasteiger partial charge is 0.409 e. The van der Waals surface area contributed by atoms with Gasteiger partial charge in [-0.25, -0.2) is 0 Å². The number of anilines is 1. The number of H-pyrrole nitrogens is 1. The normalized spacial score (nSPS) is 11.2. The molecule has 1 aromatic carbocycles. The van der Waals surface area contributed by atoms with Gasteiger partial charge in [-0.3, -0.25) is 9.59 Å². The second kappa shape index (κ2) is 6.23. The van der Waals surface area contributed by atoms with Crippen molar-refractivity contribution in [2.24, 2.45) is 10.9 Å². The van der Waals surface area contributed by atoms with Gasteiger partial charge in [0.25, 0.3) is 5.91 Å². The molecule has 0 aliphatic rings. The molecule has 108 valence electrons. The summed E-state index contributed by atoms with van der Waals surface area (Å²) < 4.78 is 0.716. The molecule has 0 aliphatic heterocycles. The molecular formula is C13H11BrN4O3. The highest BCUT2D eigenvalue weighted by Gasteiger charge is 2.12. The van der Waals surface area contributed by atoms with E-state index in [1.165, 1.54) is 18.3 Å². The first-order valence-electron chi connectivity index (χ1n) is 5.79. The average Bonchev–Trinajstić information content (AvgIpc) is 2.47. The standard InChI is InChI=1S/C13H11BrN4O3/c14-8-2-3-9(12(15)18-21)10(5-8)17-13(20)7-1-4-11(19)16-6-7/h1-6,21H,(H2,15,18)(H,16,19)(H,17,20). The molecule has 21 heavy (non-hydrogen) atoms. The molecule has 1 amide bonds. The quantitative estimate of drug-likeness (QED) is 0.290. The Kier molecular flexibility index (Phi) is 4.39. The predicted octanol–water partition coefficient (Wildman–Crippen LogP) is 1.48. The smallest absolute Gasteiger partial charge is 0.257 e. The van der Waals surface area contributed by atoms with Gasteiger partial charge in [0.2, 0.25) is 5.56 Å². The highest BCUT2D eigenvalue weighted by Crippen LogP contribution is 2.22. The lowest BCUT2D eigenvalue weighted by molar-refractivity contribution is 0.102. The molecule has 0 bridgehead atoms. The van der Waals surface area contributed by atoms with Gasteiger partial charge >= 0.3 is 0 Å². The molecule has 1 heterocycles. The molecule has 0 saturated carbocycles. The summed E-state index contributed by atoms with van der Waals surface area (Å²) in [6, 6.07) is 7.57. The molecule has 8 heteroatoms. The zero-order valence-electron chi connectivity index (χ0n) is 10.6. The minimum absolute atomic E-state index is 0.126. The van der Waals surface area contributed by atoms with E-state index in [4.69, 9.17) is 10.9 Å². The first-order valence-corrected chi connectivity index (χ1v) is 6.58. The van der Waals surface area contributed by atoms with Gasteiger partial charge < -0.3 is 21.2 Å². The number of oxime groups is 1. The molecule has 0 fully saturated rings. The topological polar surface area (TPSA) is 121 Å². The first-order chi connectivity index (χ1) is 10.0. The number of pyridine rings is 1. The molecule has 2 aromatic rings. The summed E-state index contributed by atoms with van der Waals surface area (Å²) in [6.07, 6.45) is 1.30. The van der Waals surface area contributed by atoms with Crippen LogP contribution in [-0.4, -0.2) is 21.9 Å². The summed E-state index contributed by atoms with van der Waals surface area (Å²) in [5.41, 5.74) is 6.29. The fourth-order valence-corrected chi connectivity index (χ4v) is 2.00. The maximum Gasteiger partial charge on any atom is 0.257 e. The first kappa shape index (κ1) is 14.8. The summed E-state index contributed by atoms with van der Waals surface area (Å²) in [7, 11) is 0. The SMILES string of the molecule is N/C(=N/O)c1ccc(Br)cc1NC(=O)c1ccc(=O)[nH]c1. The van der Waals surface area contributed by atoms with Gasteiger partial charge in [0.05, 0.1) is 11.3 Å². The molecule has 0 spiro atoms. The Morgan fingerprint density at radius 2 is 2.10 bits per heavy atom. The van der Waals surface area contributed by atoms with Crippen molar-refractivity contribution in [3.63, 3.8) is 0 Å².